The number of methoxy groups -OCH3 is 1. The van der Waals surface area contributed by atoms with Gasteiger partial charge in [0.1, 0.15) is 17.5 Å². The molecule has 0 radical (unpaired) electrons. The van der Waals surface area contributed by atoms with Crippen LogP contribution in [-0.2, 0) is 4.79 Å². The number of benzene rings is 2. The maximum atomic E-state index is 13.8. The number of anilines is 1. The van der Waals surface area contributed by atoms with E-state index in [1.165, 1.54) is 61.3 Å². The molecule has 162 valence electrons. The third kappa shape index (κ3) is 5.48. The Bertz CT molecular complexity index is 1240. The summed E-state index contributed by atoms with van der Waals surface area (Å²) in [5, 5.41) is 12.7. The quantitative estimate of drug-likeness (QED) is 0.180. The number of carbonyl (C=O) groups is 2. The van der Waals surface area contributed by atoms with Crippen molar-refractivity contribution < 1.29 is 23.5 Å². The lowest BCUT2D eigenvalue weighted by Gasteiger charge is -2.10. The number of nitriles is 1. The van der Waals surface area contributed by atoms with Crippen molar-refractivity contribution in [2.24, 2.45) is 0 Å². The number of hydrogen-bond acceptors (Lipinski definition) is 9. The predicted molar refractivity (Wildman–Crippen MR) is 118 cm³/mol. The highest BCUT2D eigenvalue weighted by molar-refractivity contribution is 7.98. The molecule has 1 N–H and O–H groups in total. The lowest BCUT2D eigenvalue weighted by Crippen LogP contribution is -2.13. The average Bonchev–Trinajstić information content (AvgIpc) is 3.25. The van der Waals surface area contributed by atoms with Crippen LogP contribution in [0.2, 0.25) is 0 Å². The number of rotatable bonds is 7. The van der Waals surface area contributed by atoms with Gasteiger partial charge in [0.15, 0.2) is 11.5 Å². The minimum absolute atomic E-state index is 0.0549. The van der Waals surface area contributed by atoms with Gasteiger partial charge in [-0.25, -0.2) is 9.18 Å². The number of halogens is 1. The molecule has 3 rings (SSSR count). The van der Waals surface area contributed by atoms with E-state index in [0.29, 0.717) is 10.7 Å². The van der Waals surface area contributed by atoms with Gasteiger partial charge in [0, 0.05) is 11.5 Å². The molecular formula is C21H15FN4O4S2. The van der Waals surface area contributed by atoms with Crippen molar-refractivity contribution in [1.29, 1.82) is 5.26 Å². The first-order valence-corrected chi connectivity index (χ1v) is 10.9. The van der Waals surface area contributed by atoms with Gasteiger partial charge in [-0.3, -0.25) is 10.1 Å². The first kappa shape index (κ1) is 22.9. The first-order chi connectivity index (χ1) is 15.4. The molecule has 1 amide bonds. The van der Waals surface area contributed by atoms with Gasteiger partial charge in [-0.15, -0.1) is 0 Å². The number of amides is 1. The number of thioether (sulfide) groups is 1. The van der Waals surface area contributed by atoms with E-state index >= 15 is 0 Å². The number of nitrogens with one attached hydrogen (secondary N) is 1. The molecule has 0 aliphatic heterocycles. The fourth-order valence-corrected chi connectivity index (χ4v) is 3.58. The highest BCUT2D eigenvalue weighted by Crippen LogP contribution is 2.30. The zero-order valence-corrected chi connectivity index (χ0v) is 18.4. The molecule has 0 aliphatic rings. The van der Waals surface area contributed by atoms with Crippen LogP contribution in [0.1, 0.15) is 15.9 Å². The molecule has 0 saturated carbocycles. The van der Waals surface area contributed by atoms with Crippen LogP contribution in [-0.4, -0.2) is 34.6 Å². The van der Waals surface area contributed by atoms with E-state index in [4.69, 9.17) is 9.47 Å². The van der Waals surface area contributed by atoms with Gasteiger partial charge in [-0.1, -0.05) is 30.0 Å². The van der Waals surface area contributed by atoms with Gasteiger partial charge in [0.25, 0.3) is 5.91 Å². The van der Waals surface area contributed by atoms with Crippen molar-refractivity contribution in [3.63, 3.8) is 0 Å². The van der Waals surface area contributed by atoms with Crippen molar-refractivity contribution in [2.45, 2.75) is 5.16 Å². The topological polar surface area (TPSA) is 114 Å². The SMILES string of the molecule is COc1cc(/C=C(/C#N)C(=O)Nc2nc(SC)ns2)ccc1OC(=O)c1ccccc1F. The van der Waals surface area contributed by atoms with Crippen LogP contribution < -0.4 is 14.8 Å². The van der Waals surface area contributed by atoms with Crippen LogP contribution in [0, 0.1) is 17.1 Å². The highest BCUT2D eigenvalue weighted by atomic mass is 32.2. The van der Waals surface area contributed by atoms with E-state index in [2.05, 4.69) is 14.7 Å². The molecule has 0 bridgehead atoms. The molecule has 0 spiro atoms. The second-order valence-electron chi connectivity index (χ2n) is 5.99. The third-order valence-electron chi connectivity index (χ3n) is 3.97. The largest absolute Gasteiger partial charge is 0.493 e. The summed E-state index contributed by atoms with van der Waals surface area (Å²) in [5.41, 5.74) is 0.0497. The molecule has 8 nitrogen and oxygen atoms in total. The zero-order valence-electron chi connectivity index (χ0n) is 16.8. The molecule has 0 aliphatic carbocycles. The monoisotopic (exact) mass is 470 g/mol. The summed E-state index contributed by atoms with van der Waals surface area (Å²) in [5.74, 6) is -2.02. The van der Waals surface area contributed by atoms with Gasteiger partial charge in [0.2, 0.25) is 10.3 Å². The molecule has 32 heavy (non-hydrogen) atoms. The van der Waals surface area contributed by atoms with Crippen molar-refractivity contribution in [2.75, 3.05) is 18.7 Å². The predicted octanol–water partition coefficient (Wildman–Crippen LogP) is 4.17. The van der Waals surface area contributed by atoms with Gasteiger partial charge >= 0.3 is 5.97 Å². The summed E-state index contributed by atoms with van der Waals surface area (Å²) >= 11 is 2.33. The molecule has 2 aromatic carbocycles. The summed E-state index contributed by atoms with van der Waals surface area (Å²) in [6.07, 6.45) is 3.15. The Hall–Kier alpha value is -3.75. The van der Waals surface area contributed by atoms with E-state index in [0.717, 1.165) is 17.6 Å². The number of aromatic nitrogens is 2. The van der Waals surface area contributed by atoms with Crippen LogP contribution in [0.4, 0.5) is 9.52 Å². The Morgan fingerprint density at radius 3 is 2.69 bits per heavy atom. The zero-order chi connectivity index (χ0) is 23.1. The lowest BCUT2D eigenvalue weighted by atomic mass is 10.1. The summed E-state index contributed by atoms with van der Waals surface area (Å²) < 4.78 is 28.3. The molecule has 1 heterocycles. The van der Waals surface area contributed by atoms with E-state index in [1.54, 1.807) is 6.26 Å². The van der Waals surface area contributed by atoms with E-state index in [1.807, 2.05) is 6.07 Å². The van der Waals surface area contributed by atoms with Crippen LogP contribution in [0.15, 0.2) is 53.2 Å². The second kappa shape index (κ2) is 10.5. The Morgan fingerprint density at radius 1 is 1.25 bits per heavy atom. The van der Waals surface area contributed by atoms with E-state index in [9.17, 15) is 19.2 Å². The first-order valence-electron chi connectivity index (χ1n) is 8.90. The van der Waals surface area contributed by atoms with Crippen LogP contribution >= 0.6 is 23.3 Å². The van der Waals surface area contributed by atoms with Crippen LogP contribution in [0.3, 0.4) is 0 Å². The molecule has 0 atom stereocenters. The normalized spacial score (nSPS) is 10.9. The second-order valence-corrected chi connectivity index (χ2v) is 7.52. The minimum Gasteiger partial charge on any atom is -0.493 e. The summed E-state index contributed by atoms with van der Waals surface area (Å²) in [7, 11) is 1.36. The molecule has 1 aromatic heterocycles. The van der Waals surface area contributed by atoms with E-state index in [-0.39, 0.29) is 27.8 Å². The number of esters is 1. The van der Waals surface area contributed by atoms with Gasteiger partial charge in [0.05, 0.1) is 12.7 Å². The Kier molecular flexibility index (Phi) is 7.54. The Morgan fingerprint density at radius 2 is 2.03 bits per heavy atom. The van der Waals surface area contributed by atoms with Gasteiger partial charge in [-0.2, -0.15) is 14.6 Å². The molecule has 3 aromatic rings. The smallest absolute Gasteiger partial charge is 0.346 e. The Labute approximate surface area is 190 Å². The highest BCUT2D eigenvalue weighted by Gasteiger charge is 2.17. The molecule has 0 fully saturated rings. The molecular weight excluding hydrogens is 455 g/mol. The number of nitrogens with zero attached hydrogens (tertiary/aromatic N) is 3. The minimum atomic E-state index is -0.886. The van der Waals surface area contributed by atoms with Crippen molar-refractivity contribution >= 4 is 46.4 Å². The summed E-state index contributed by atoms with van der Waals surface area (Å²) in [4.78, 5) is 28.8. The summed E-state index contributed by atoms with van der Waals surface area (Å²) in [6.45, 7) is 0. The maximum Gasteiger partial charge on any atom is 0.346 e. The maximum absolute atomic E-state index is 13.8. The number of hydrogen-bond donors (Lipinski definition) is 1. The van der Waals surface area contributed by atoms with Crippen LogP contribution in [0.5, 0.6) is 11.5 Å². The van der Waals surface area contributed by atoms with Crippen LogP contribution in [0.25, 0.3) is 6.08 Å². The van der Waals surface area contributed by atoms with Crippen molar-refractivity contribution in [3.05, 3.63) is 65.0 Å². The fourth-order valence-electron chi connectivity index (χ4n) is 2.46. The molecule has 0 saturated heterocycles. The average molecular weight is 471 g/mol. The number of ether oxygens (including phenoxy) is 2. The standard InChI is InChI=1S/C21H15FN4O4S2/c1-29-17-10-12(7-8-16(17)30-19(28)14-5-3-4-6-15(14)22)9-13(11-23)18(27)24-20-25-21(31-2)26-32-20/h3-10H,1-2H3,(H,24,25,26,27)/b13-9-. The lowest BCUT2D eigenvalue weighted by molar-refractivity contribution is -0.112. The van der Waals surface area contributed by atoms with Crippen molar-refractivity contribution in [3.8, 4) is 17.6 Å². The molecule has 11 heteroatoms. The number of carbonyl (C=O) groups excluding carboxylic acids is 2. The third-order valence-corrected chi connectivity index (χ3v) is 5.26. The Balaban J connectivity index is 1.79. The van der Waals surface area contributed by atoms with Gasteiger partial charge < -0.3 is 9.47 Å². The molecule has 0 unspecified atom stereocenters. The fraction of sp³-hybridized carbons (Fsp3) is 0.0952. The van der Waals surface area contributed by atoms with E-state index < -0.39 is 17.7 Å². The van der Waals surface area contributed by atoms with Gasteiger partial charge in [-0.05, 0) is 42.2 Å². The summed E-state index contributed by atoms with van der Waals surface area (Å²) in [6, 6.07) is 11.7. The van der Waals surface area contributed by atoms with Crippen molar-refractivity contribution in [1.82, 2.24) is 9.36 Å².